The largest absolute Gasteiger partial charge is 0.394 e. The van der Waals surface area contributed by atoms with E-state index in [1.54, 1.807) is 0 Å². The number of halogens is 1. The van der Waals surface area contributed by atoms with E-state index in [-0.39, 0.29) is 29.3 Å². The lowest BCUT2D eigenvalue weighted by molar-refractivity contribution is -0.384. The summed E-state index contributed by atoms with van der Waals surface area (Å²) < 4.78 is 1.53. The number of anilines is 1. The van der Waals surface area contributed by atoms with E-state index in [1.807, 2.05) is 30.3 Å². The minimum Gasteiger partial charge on any atom is -0.394 e. The summed E-state index contributed by atoms with van der Waals surface area (Å²) in [6.45, 7) is 0.472. The van der Waals surface area contributed by atoms with Gasteiger partial charge in [-0.25, -0.2) is 4.68 Å². The van der Waals surface area contributed by atoms with Gasteiger partial charge in [0.2, 0.25) is 10.4 Å². The van der Waals surface area contributed by atoms with Gasteiger partial charge < -0.3 is 10.4 Å². The van der Waals surface area contributed by atoms with Gasteiger partial charge in [0.15, 0.2) is 0 Å². The van der Waals surface area contributed by atoms with Crippen molar-refractivity contribution in [1.29, 1.82) is 0 Å². The standard InChI is InChI=1S/C12H13BrN4O3/c13-11-10(17(19)20)12(16(15-11)6-7-18)14-8-9-4-2-1-3-5-9/h1-5,14,18H,6-8H2. The lowest BCUT2D eigenvalue weighted by atomic mass is 10.2. The molecule has 0 atom stereocenters. The Hall–Kier alpha value is -1.93. The second-order valence-electron chi connectivity index (χ2n) is 4.03. The fraction of sp³-hybridized carbons (Fsp3) is 0.250. The Morgan fingerprint density at radius 2 is 2.10 bits per heavy atom. The summed E-state index contributed by atoms with van der Waals surface area (Å²) >= 11 is 3.07. The summed E-state index contributed by atoms with van der Waals surface area (Å²) in [7, 11) is 0. The van der Waals surface area contributed by atoms with E-state index in [1.165, 1.54) is 4.68 Å². The van der Waals surface area contributed by atoms with Crippen LogP contribution in [-0.4, -0.2) is 26.4 Å². The summed E-state index contributed by atoms with van der Waals surface area (Å²) in [5.74, 6) is 0.278. The normalized spacial score (nSPS) is 10.5. The van der Waals surface area contributed by atoms with Crippen LogP contribution in [0.3, 0.4) is 0 Å². The number of nitrogens with one attached hydrogen (secondary N) is 1. The fourth-order valence-electron chi connectivity index (χ4n) is 1.80. The Labute approximate surface area is 123 Å². The second-order valence-corrected chi connectivity index (χ2v) is 4.78. The van der Waals surface area contributed by atoms with Crippen LogP contribution in [0.1, 0.15) is 5.56 Å². The average Bonchev–Trinajstić information content (AvgIpc) is 2.74. The van der Waals surface area contributed by atoms with E-state index >= 15 is 0 Å². The van der Waals surface area contributed by atoms with E-state index in [0.717, 1.165) is 5.56 Å². The molecule has 0 unspecified atom stereocenters. The number of aromatic nitrogens is 2. The third-order valence-corrected chi connectivity index (χ3v) is 3.22. The highest BCUT2D eigenvalue weighted by Gasteiger charge is 2.26. The van der Waals surface area contributed by atoms with Crippen molar-refractivity contribution in [2.24, 2.45) is 0 Å². The Morgan fingerprint density at radius 1 is 1.40 bits per heavy atom. The molecule has 2 rings (SSSR count). The zero-order valence-electron chi connectivity index (χ0n) is 10.5. The molecule has 106 valence electrons. The third kappa shape index (κ3) is 3.14. The maximum atomic E-state index is 11.1. The number of benzene rings is 1. The Bertz CT molecular complexity index is 600. The molecule has 1 aromatic carbocycles. The van der Waals surface area contributed by atoms with Gasteiger partial charge in [-0.3, -0.25) is 10.1 Å². The molecule has 20 heavy (non-hydrogen) atoms. The number of hydrogen-bond acceptors (Lipinski definition) is 5. The molecule has 0 saturated carbocycles. The van der Waals surface area contributed by atoms with Gasteiger partial charge in [0.05, 0.1) is 18.1 Å². The quantitative estimate of drug-likeness (QED) is 0.620. The van der Waals surface area contributed by atoms with Gasteiger partial charge in [-0.15, -0.1) is 0 Å². The van der Waals surface area contributed by atoms with E-state index in [2.05, 4.69) is 26.3 Å². The van der Waals surface area contributed by atoms with E-state index in [9.17, 15) is 10.1 Å². The molecule has 8 heteroatoms. The van der Waals surface area contributed by atoms with Crippen molar-refractivity contribution in [3.63, 3.8) is 0 Å². The first kappa shape index (κ1) is 14.5. The summed E-state index contributed by atoms with van der Waals surface area (Å²) in [5.41, 5.74) is 0.865. The first-order chi connectivity index (χ1) is 9.63. The molecule has 1 heterocycles. The molecule has 1 aromatic heterocycles. The number of rotatable bonds is 6. The van der Waals surface area contributed by atoms with Crippen LogP contribution in [0.15, 0.2) is 34.9 Å². The second kappa shape index (κ2) is 6.49. The van der Waals surface area contributed by atoms with Crippen molar-refractivity contribution in [1.82, 2.24) is 9.78 Å². The third-order valence-electron chi connectivity index (χ3n) is 2.68. The molecule has 7 nitrogen and oxygen atoms in total. The van der Waals surface area contributed by atoms with Crippen LogP contribution >= 0.6 is 15.9 Å². The molecule has 0 radical (unpaired) electrons. The summed E-state index contributed by atoms with van der Waals surface area (Å²) in [4.78, 5) is 10.6. The lowest BCUT2D eigenvalue weighted by Gasteiger charge is -2.08. The van der Waals surface area contributed by atoms with E-state index in [0.29, 0.717) is 6.54 Å². The van der Waals surface area contributed by atoms with Crippen molar-refractivity contribution >= 4 is 27.4 Å². The van der Waals surface area contributed by atoms with E-state index in [4.69, 9.17) is 5.11 Å². The lowest BCUT2D eigenvalue weighted by Crippen LogP contribution is -2.11. The summed E-state index contributed by atoms with van der Waals surface area (Å²) in [5, 5.41) is 27.1. The number of nitrogens with zero attached hydrogens (tertiary/aromatic N) is 3. The van der Waals surface area contributed by atoms with Gasteiger partial charge in [-0.05, 0) is 21.5 Å². The number of nitro groups is 1. The van der Waals surface area contributed by atoms with Crippen molar-refractivity contribution in [3.05, 3.63) is 50.6 Å². The molecule has 0 amide bonds. The molecule has 0 aliphatic heterocycles. The van der Waals surface area contributed by atoms with Crippen LogP contribution in [0.4, 0.5) is 11.5 Å². The van der Waals surface area contributed by atoms with Gasteiger partial charge in [0.1, 0.15) is 0 Å². The van der Waals surface area contributed by atoms with Crippen LogP contribution < -0.4 is 5.32 Å². The Kier molecular flexibility index (Phi) is 4.70. The predicted molar refractivity (Wildman–Crippen MR) is 77.4 cm³/mol. The highest BCUT2D eigenvalue weighted by Crippen LogP contribution is 2.32. The molecule has 2 N–H and O–H groups in total. The molecule has 2 aromatic rings. The van der Waals surface area contributed by atoms with Crippen molar-refractivity contribution < 1.29 is 10.0 Å². The molecule has 0 fully saturated rings. The highest BCUT2D eigenvalue weighted by molar-refractivity contribution is 9.10. The highest BCUT2D eigenvalue weighted by atomic mass is 79.9. The first-order valence-electron chi connectivity index (χ1n) is 5.93. The molecule has 0 aliphatic carbocycles. The minimum atomic E-state index is -0.502. The number of hydrogen-bond donors (Lipinski definition) is 2. The molecule has 0 saturated heterocycles. The monoisotopic (exact) mass is 340 g/mol. The summed E-state index contributed by atoms with van der Waals surface area (Å²) in [6.07, 6.45) is 0. The van der Waals surface area contributed by atoms with E-state index < -0.39 is 4.92 Å². The van der Waals surface area contributed by atoms with Crippen LogP contribution in [0.5, 0.6) is 0 Å². The molecular weight excluding hydrogens is 328 g/mol. The van der Waals surface area contributed by atoms with Crippen molar-refractivity contribution in [2.75, 3.05) is 11.9 Å². The van der Waals surface area contributed by atoms with Crippen LogP contribution in [0, 0.1) is 10.1 Å². The maximum Gasteiger partial charge on any atom is 0.345 e. The van der Waals surface area contributed by atoms with Gasteiger partial charge in [-0.1, -0.05) is 30.3 Å². The summed E-state index contributed by atoms with van der Waals surface area (Å²) in [6, 6.07) is 9.53. The Morgan fingerprint density at radius 3 is 2.70 bits per heavy atom. The van der Waals surface area contributed by atoms with Crippen molar-refractivity contribution in [3.8, 4) is 0 Å². The predicted octanol–water partition coefficient (Wildman–Crippen LogP) is 2.16. The maximum absolute atomic E-state index is 11.1. The van der Waals surface area contributed by atoms with Crippen LogP contribution in [0.2, 0.25) is 0 Å². The molecule has 0 aliphatic rings. The zero-order chi connectivity index (χ0) is 14.5. The van der Waals surface area contributed by atoms with Gasteiger partial charge >= 0.3 is 5.69 Å². The smallest absolute Gasteiger partial charge is 0.345 e. The van der Waals surface area contributed by atoms with Gasteiger partial charge in [-0.2, -0.15) is 5.10 Å². The SMILES string of the molecule is O=[N+]([O-])c1c(Br)nn(CCO)c1NCc1ccccc1. The van der Waals surface area contributed by atoms with Crippen LogP contribution in [-0.2, 0) is 13.1 Å². The Balaban J connectivity index is 2.26. The topological polar surface area (TPSA) is 93.2 Å². The first-order valence-corrected chi connectivity index (χ1v) is 6.72. The average molecular weight is 341 g/mol. The van der Waals surface area contributed by atoms with Gasteiger partial charge in [0.25, 0.3) is 0 Å². The van der Waals surface area contributed by atoms with Gasteiger partial charge in [0, 0.05) is 6.54 Å². The number of aliphatic hydroxyl groups is 1. The zero-order valence-corrected chi connectivity index (χ0v) is 12.1. The molecular formula is C12H13BrN4O3. The minimum absolute atomic E-state index is 0.130. The molecule has 0 bridgehead atoms. The molecule has 0 spiro atoms. The van der Waals surface area contributed by atoms with Crippen molar-refractivity contribution in [2.45, 2.75) is 13.1 Å². The number of aliphatic hydroxyl groups excluding tert-OH is 1. The fourth-order valence-corrected chi connectivity index (χ4v) is 2.32. The van der Waals surface area contributed by atoms with Crippen LogP contribution in [0.25, 0.3) is 0 Å².